The van der Waals surface area contributed by atoms with Gasteiger partial charge in [0.2, 0.25) is 0 Å². The third kappa shape index (κ3) is 4.78. The summed E-state index contributed by atoms with van der Waals surface area (Å²) in [4.78, 5) is 15.2. The average molecular weight is 387 g/mol. The largest absolute Gasteiger partial charge is 0.371 e. The van der Waals surface area contributed by atoms with Gasteiger partial charge in [0.1, 0.15) is 6.29 Å². The van der Waals surface area contributed by atoms with Gasteiger partial charge in [-0.3, -0.25) is 4.98 Å². The highest BCUT2D eigenvalue weighted by Gasteiger charge is 2.38. The molecule has 0 bridgehead atoms. The summed E-state index contributed by atoms with van der Waals surface area (Å²) in [7, 11) is 0. The van der Waals surface area contributed by atoms with Crippen molar-refractivity contribution in [3.63, 3.8) is 0 Å². The van der Waals surface area contributed by atoms with Crippen LogP contribution < -0.4 is 0 Å². The molecular weight excluding hydrogens is 362 g/mol. The summed E-state index contributed by atoms with van der Waals surface area (Å²) in [6.07, 6.45) is 5.72. The summed E-state index contributed by atoms with van der Waals surface area (Å²) >= 11 is 0. The lowest BCUT2D eigenvalue weighted by Crippen LogP contribution is -2.24. The minimum atomic E-state index is -0.0749. The quantitative estimate of drug-likeness (QED) is 0.510. The molecule has 4 nitrogen and oxygen atoms in total. The maximum Gasteiger partial charge on any atom is 0.120 e. The van der Waals surface area contributed by atoms with E-state index in [1.807, 2.05) is 36.5 Å². The van der Waals surface area contributed by atoms with Crippen LogP contribution in [-0.2, 0) is 20.9 Å². The average Bonchev–Trinajstić information content (AvgIpc) is 3.20. The lowest BCUT2D eigenvalue weighted by Gasteiger charge is -2.22. The highest BCUT2D eigenvalue weighted by Crippen LogP contribution is 2.39. The van der Waals surface area contributed by atoms with Gasteiger partial charge in [-0.05, 0) is 34.7 Å². The number of pyridine rings is 1. The number of benzene rings is 2. The lowest BCUT2D eigenvalue weighted by molar-refractivity contribution is -0.108. The first-order chi connectivity index (χ1) is 14.3. The number of nitrogens with zero attached hydrogens (tertiary/aromatic N) is 1. The maximum absolute atomic E-state index is 10.9. The van der Waals surface area contributed by atoms with E-state index in [1.54, 1.807) is 6.20 Å². The SMILES string of the molecule is O=CCCC1C(OCc2ccc(-c3ccccc3)cc2)COC1c1cccnc1. The lowest BCUT2D eigenvalue weighted by atomic mass is 9.90. The molecule has 1 aliphatic heterocycles. The zero-order chi connectivity index (χ0) is 19.9. The van der Waals surface area contributed by atoms with Crippen LogP contribution in [0.4, 0.5) is 0 Å². The fraction of sp³-hybridized carbons (Fsp3) is 0.280. The third-order valence-electron chi connectivity index (χ3n) is 5.46. The van der Waals surface area contributed by atoms with Crippen molar-refractivity contribution in [2.75, 3.05) is 6.61 Å². The van der Waals surface area contributed by atoms with Crippen molar-refractivity contribution in [2.24, 2.45) is 5.92 Å². The van der Waals surface area contributed by atoms with Crippen LogP contribution in [0.15, 0.2) is 79.1 Å². The van der Waals surface area contributed by atoms with E-state index in [1.165, 1.54) is 11.1 Å². The fourth-order valence-electron chi connectivity index (χ4n) is 3.93. The molecule has 3 aromatic rings. The van der Waals surface area contributed by atoms with E-state index in [9.17, 15) is 4.79 Å². The highest BCUT2D eigenvalue weighted by molar-refractivity contribution is 5.63. The second-order valence-corrected chi connectivity index (χ2v) is 7.36. The Hall–Kier alpha value is -2.82. The van der Waals surface area contributed by atoms with Crippen molar-refractivity contribution in [1.29, 1.82) is 0 Å². The smallest absolute Gasteiger partial charge is 0.120 e. The number of carbonyl (C=O) groups is 1. The van der Waals surface area contributed by atoms with Crippen LogP contribution in [0.2, 0.25) is 0 Å². The normalized spacial score (nSPS) is 21.2. The van der Waals surface area contributed by atoms with E-state index in [0.717, 1.165) is 23.8 Å². The van der Waals surface area contributed by atoms with Crippen molar-refractivity contribution in [3.05, 3.63) is 90.3 Å². The van der Waals surface area contributed by atoms with Gasteiger partial charge < -0.3 is 14.3 Å². The number of hydrogen-bond acceptors (Lipinski definition) is 4. The van der Waals surface area contributed by atoms with Gasteiger partial charge in [-0.2, -0.15) is 0 Å². The molecule has 3 unspecified atom stereocenters. The summed E-state index contributed by atoms with van der Waals surface area (Å²) < 4.78 is 12.3. The fourth-order valence-corrected chi connectivity index (χ4v) is 3.93. The summed E-state index contributed by atoms with van der Waals surface area (Å²) in [6.45, 7) is 1.06. The Morgan fingerprint density at radius 2 is 1.79 bits per heavy atom. The van der Waals surface area contributed by atoms with Crippen LogP contribution in [0.25, 0.3) is 11.1 Å². The van der Waals surface area contributed by atoms with Gasteiger partial charge in [-0.25, -0.2) is 0 Å². The predicted octanol–water partition coefficient (Wildman–Crippen LogP) is 5.00. The zero-order valence-corrected chi connectivity index (χ0v) is 16.3. The summed E-state index contributed by atoms with van der Waals surface area (Å²) in [5, 5.41) is 0. The second kappa shape index (κ2) is 9.59. The van der Waals surface area contributed by atoms with E-state index < -0.39 is 0 Å². The molecule has 2 heterocycles. The molecule has 1 aliphatic rings. The first-order valence-electron chi connectivity index (χ1n) is 10.1. The Morgan fingerprint density at radius 1 is 1.00 bits per heavy atom. The zero-order valence-electron chi connectivity index (χ0n) is 16.3. The number of ether oxygens (including phenoxy) is 2. The van der Waals surface area contributed by atoms with Gasteiger partial charge in [0.25, 0.3) is 0 Å². The molecule has 1 saturated heterocycles. The maximum atomic E-state index is 10.9. The summed E-state index contributed by atoms with van der Waals surface area (Å²) in [5.74, 6) is 0.146. The van der Waals surface area contributed by atoms with Crippen molar-refractivity contribution in [3.8, 4) is 11.1 Å². The number of rotatable bonds is 8. The Bertz CT molecular complexity index is 896. The molecule has 0 radical (unpaired) electrons. The molecule has 0 amide bonds. The topological polar surface area (TPSA) is 48.4 Å². The van der Waals surface area contributed by atoms with Crippen molar-refractivity contribution >= 4 is 6.29 Å². The van der Waals surface area contributed by atoms with Gasteiger partial charge in [-0.15, -0.1) is 0 Å². The van der Waals surface area contributed by atoms with Crippen LogP contribution in [0.1, 0.15) is 30.1 Å². The molecule has 0 spiro atoms. The number of hydrogen-bond donors (Lipinski definition) is 0. The molecule has 0 aliphatic carbocycles. The van der Waals surface area contributed by atoms with Crippen molar-refractivity contribution in [2.45, 2.75) is 31.7 Å². The molecular formula is C25H25NO3. The van der Waals surface area contributed by atoms with Crippen LogP contribution in [0, 0.1) is 5.92 Å². The molecule has 2 aromatic carbocycles. The van der Waals surface area contributed by atoms with Gasteiger partial charge in [-0.1, -0.05) is 60.7 Å². The van der Waals surface area contributed by atoms with E-state index in [-0.39, 0.29) is 18.1 Å². The van der Waals surface area contributed by atoms with E-state index in [0.29, 0.717) is 19.6 Å². The van der Waals surface area contributed by atoms with Crippen LogP contribution in [-0.4, -0.2) is 24.0 Å². The minimum absolute atomic E-state index is 0.0334. The standard InChI is InChI=1S/C25H25NO3/c27-15-5-9-23-24(18-29-25(23)22-8-4-14-26-16-22)28-17-19-10-12-21(13-11-19)20-6-2-1-3-7-20/h1-4,6-8,10-16,23-25H,5,9,17-18H2. The Balaban J connectivity index is 1.41. The molecule has 0 saturated carbocycles. The molecule has 148 valence electrons. The molecule has 29 heavy (non-hydrogen) atoms. The number of aldehydes is 1. The van der Waals surface area contributed by atoms with Crippen molar-refractivity contribution in [1.82, 2.24) is 4.98 Å². The van der Waals surface area contributed by atoms with E-state index in [4.69, 9.17) is 9.47 Å². The molecule has 0 N–H and O–H groups in total. The van der Waals surface area contributed by atoms with Crippen LogP contribution >= 0.6 is 0 Å². The van der Waals surface area contributed by atoms with Gasteiger partial charge in [0.15, 0.2) is 0 Å². The van der Waals surface area contributed by atoms with Gasteiger partial charge in [0.05, 0.1) is 25.4 Å². The summed E-state index contributed by atoms with van der Waals surface area (Å²) in [6, 6.07) is 22.7. The number of aromatic nitrogens is 1. The van der Waals surface area contributed by atoms with Gasteiger partial charge >= 0.3 is 0 Å². The van der Waals surface area contributed by atoms with Crippen LogP contribution in [0.5, 0.6) is 0 Å². The van der Waals surface area contributed by atoms with E-state index in [2.05, 4.69) is 41.4 Å². The predicted molar refractivity (Wildman–Crippen MR) is 112 cm³/mol. The third-order valence-corrected chi connectivity index (χ3v) is 5.46. The van der Waals surface area contributed by atoms with Gasteiger partial charge in [0, 0.05) is 24.7 Å². The van der Waals surface area contributed by atoms with Crippen LogP contribution in [0.3, 0.4) is 0 Å². The Labute approximate surface area is 171 Å². The minimum Gasteiger partial charge on any atom is -0.371 e. The molecule has 1 aromatic heterocycles. The molecule has 1 fully saturated rings. The molecule has 4 rings (SSSR count). The summed E-state index contributed by atoms with van der Waals surface area (Å²) in [5.41, 5.74) is 4.57. The molecule has 3 atom stereocenters. The first-order valence-corrected chi connectivity index (χ1v) is 10.1. The number of carbonyl (C=O) groups excluding carboxylic acids is 1. The second-order valence-electron chi connectivity index (χ2n) is 7.36. The van der Waals surface area contributed by atoms with Crippen molar-refractivity contribution < 1.29 is 14.3 Å². The van der Waals surface area contributed by atoms with E-state index >= 15 is 0 Å². The first kappa shape index (κ1) is 19.5. The Morgan fingerprint density at radius 3 is 2.52 bits per heavy atom. The highest BCUT2D eigenvalue weighted by atomic mass is 16.6. The monoisotopic (exact) mass is 387 g/mol. The Kier molecular flexibility index (Phi) is 6.45. The molecule has 4 heteroatoms.